The van der Waals surface area contributed by atoms with Gasteiger partial charge in [0.1, 0.15) is 11.7 Å². The molecule has 1 aliphatic carbocycles. The summed E-state index contributed by atoms with van der Waals surface area (Å²) in [6.07, 6.45) is 5.62. The van der Waals surface area contributed by atoms with Gasteiger partial charge in [-0.05, 0) is 81.8 Å². The highest BCUT2D eigenvalue weighted by molar-refractivity contribution is 7.89. The molecule has 0 spiro atoms. The van der Waals surface area contributed by atoms with E-state index in [9.17, 15) is 13.2 Å². The molecule has 0 atom stereocenters. The van der Waals surface area contributed by atoms with Crippen LogP contribution >= 0.6 is 11.3 Å². The van der Waals surface area contributed by atoms with Crippen molar-refractivity contribution in [2.45, 2.75) is 68.9 Å². The van der Waals surface area contributed by atoms with Crippen LogP contribution < -0.4 is 10.5 Å². The SMILES string of the molecule is CC(C)(C)NS(=O)(=O)c1cc(-c2ccc3occc3c2)ccc1-c1cnc([C@H]2CC[C@H](OC(N)=O)CC2)s1. The zero-order valence-corrected chi connectivity index (χ0v) is 23.2. The van der Waals surface area contributed by atoms with Gasteiger partial charge in [-0.15, -0.1) is 11.3 Å². The molecule has 0 aliphatic heterocycles. The molecule has 2 aromatic carbocycles. The number of thiazole rings is 1. The molecular weight excluding hydrogens is 522 g/mol. The Morgan fingerprint density at radius 2 is 1.79 bits per heavy atom. The minimum atomic E-state index is -3.84. The maximum Gasteiger partial charge on any atom is 0.404 e. The minimum absolute atomic E-state index is 0.155. The molecule has 0 saturated heterocycles. The van der Waals surface area contributed by atoms with E-state index >= 15 is 0 Å². The van der Waals surface area contributed by atoms with E-state index in [1.54, 1.807) is 18.5 Å². The van der Waals surface area contributed by atoms with Gasteiger partial charge in [-0.2, -0.15) is 0 Å². The Morgan fingerprint density at radius 3 is 2.50 bits per heavy atom. The van der Waals surface area contributed by atoms with Crippen molar-refractivity contribution >= 4 is 38.4 Å². The van der Waals surface area contributed by atoms with Crippen molar-refractivity contribution in [1.29, 1.82) is 0 Å². The van der Waals surface area contributed by atoms with Crippen molar-refractivity contribution in [2.24, 2.45) is 5.73 Å². The largest absolute Gasteiger partial charge is 0.464 e. The third-order valence-electron chi connectivity index (χ3n) is 6.59. The lowest BCUT2D eigenvalue weighted by molar-refractivity contribution is 0.0787. The van der Waals surface area contributed by atoms with Crippen LogP contribution in [0.2, 0.25) is 0 Å². The zero-order chi connectivity index (χ0) is 27.1. The molecule has 38 heavy (non-hydrogen) atoms. The number of nitrogens with one attached hydrogen (secondary N) is 1. The summed E-state index contributed by atoms with van der Waals surface area (Å²) in [6.45, 7) is 5.47. The second-order valence-electron chi connectivity index (χ2n) is 10.7. The minimum Gasteiger partial charge on any atom is -0.464 e. The summed E-state index contributed by atoms with van der Waals surface area (Å²) in [5.74, 6) is 0.232. The summed E-state index contributed by atoms with van der Waals surface area (Å²) < 4.78 is 40.7. The second-order valence-corrected chi connectivity index (χ2v) is 13.4. The van der Waals surface area contributed by atoms with E-state index in [-0.39, 0.29) is 16.9 Å². The number of rotatable bonds is 6. The third kappa shape index (κ3) is 5.77. The number of furan rings is 1. The first kappa shape index (κ1) is 26.4. The molecule has 1 aliphatic rings. The second kappa shape index (κ2) is 10.2. The standard InChI is InChI=1S/C28H31N3O5S2/c1-28(2,3)31-38(33,34)25-15-19(18-7-11-23-20(14-18)12-13-35-23)6-10-22(25)24-16-30-26(37-24)17-4-8-21(9-5-17)36-27(29)32/h6-7,10-17,21,31H,4-5,8-9H2,1-3H3,(H2,29,32)/t17-,21-. The lowest BCUT2D eigenvalue weighted by atomic mass is 9.88. The number of hydrogen-bond donors (Lipinski definition) is 2. The van der Waals surface area contributed by atoms with E-state index in [1.807, 2.05) is 57.2 Å². The van der Waals surface area contributed by atoms with Crippen LogP contribution in [0.5, 0.6) is 0 Å². The van der Waals surface area contributed by atoms with Crippen LogP contribution in [0.4, 0.5) is 4.79 Å². The number of carbonyl (C=O) groups excluding carboxylic acids is 1. The average Bonchev–Trinajstić information content (AvgIpc) is 3.52. The summed E-state index contributed by atoms with van der Waals surface area (Å²) in [6, 6.07) is 13.2. The van der Waals surface area contributed by atoms with Gasteiger partial charge in [0.15, 0.2) is 0 Å². The highest BCUT2D eigenvalue weighted by Crippen LogP contribution is 2.41. The molecule has 8 nitrogen and oxygen atoms in total. The van der Waals surface area contributed by atoms with Gasteiger partial charge in [0, 0.05) is 28.6 Å². The van der Waals surface area contributed by atoms with Crippen LogP contribution in [-0.2, 0) is 14.8 Å². The van der Waals surface area contributed by atoms with Crippen molar-refractivity contribution in [3.8, 4) is 21.6 Å². The number of benzene rings is 2. The first-order valence-electron chi connectivity index (χ1n) is 12.6. The number of primary amides is 1. The lowest BCUT2D eigenvalue weighted by Crippen LogP contribution is -2.40. The molecule has 5 rings (SSSR count). The van der Waals surface area contributed by atoms with Gasteiger partial charge in [0.2, 0.25) is 10.0 Å². The average molecular weight is 554 g/mol. The molecule has 2 aromatic heterocycles. The van der Waals surface area contributed by atoms with Gasteiger partial charge in [-0.3, -0.25) is 0 Å². The Morgan fingerprint density at radius 1 is 1.08 bits per heavy atom. The van der Waals surface area contributed by atoms with Gasteiger partial charge >= 0.3 is 6.09 Å². The predicted octanol–water partition coefficient (Wildman–Crippen LogP) is 6.42. The molecule has 1 amide bonds. The van der Waals surface area contributed by atoms with Gasteiger partial charge < -0.3 is 14.9 Å². The molecule has 1 fully saturated rings. The summed E-state index contributed by atoms with van der Waals surface area (Å²) in [4.78, 5) is 16.7. The molecule has 3 N–H and O–H groups in total. The number of hydrogen-bond acceptors (Lipinski definition) is 7. The lowest BCUT2D eigenvalue weighted by Gasteiger charge is -2.26. The van der Waals surface area contributed by atoms with E-state index in [0.29, 0.717) is 5.56 Å². The van der Waals surface area contributed by atoms with Crippen molar-refractivity contribution in [3.05, 3.63) is 59.9 Å². The van der Waals surface area contributed by atoms with Crippen LogP contribution in [0.25, 0.3) is 32.5 Å². The topological polar surface area (TPSA) is 125 Å². The van der Waals surface area contributed by atoms with Gasteiger partial charge in [-0.1, -0.05) is 18.2 Å². The van der Waals surface area contributed by atoms with Gasteiger partial charge in [-0.25, -0.2) is 22.9 Å². The van der Waals surface area contributed by atoms with E-state index < -0.39 is 21.7 Å². The number of amides is 1. The Hall–Kier alpha value is -3.21. The first-order chi connectivity index (χ1) is 18.0. The molecule has 10 heteroatoms. The van der Waals surface area contributed by atoms with E-state index in [0.717, 1.165) is 57.7 Å². The Balaban J connectivity index is 1.50. The van der Waals surface area contributed by atoms with Crippen LogP contribution in [0, 0.1) is 0 Å². The third-order valence-corrected chi connectivity index (χ3v) is 9.58. The molecule has 1 saturated carbocycles. The van der Waals surface area contributed by atoms with Crippen molar-refractivity contribution in [3.63, 3.8) is 0 Å². The normalized spacial score (nSPS) is 18.5. The van der Waals surface area contributed by atoms with Crippen molar-refractivity contribution < 1.29 is 22.4 Å². The number of fused-ring (bicyclic) bond motifs is 1. The summed E-state index contributed by atoms with van der Waals surface area (Å²) >= 11 is 1.51. The number of carbonyl (C=O) groups is 1. The quantitative estimate of drug-likeness (QED) is 0.284. The van der Waals surface area contributed by atoms with Gasteiger partial charge in [0.05, 0.1) is 21.0 Å². The number of nitrogens with two attached hydrogens (primary N) is 1. The van der Waals surface area contributed by atoms with Crippen LogP contribution in [0.1, 0.15) is 57.4 Å². The number of sulfonamides is 1. The zero-order valence-electron chi connectivity index (χ0n) is 21.6. The number of ether oxygens (including phenoxy) is 1. The highest BCUT2D eigenvalue weighted by Gasteiger charge is 2.29. The van der Waals surface area contributed by atoms with E-state index in [2.05, 4.69) is 9.71 Å². The number of aromatic nitrogens is 1. The highest BCUT2D eigenvalue weighted by atomic mass is 32.2. The van der Waals surface area contributed by atoms with Crippen molar-refractivity contribution in [2.75, 3.05) is 0 Å². The summed E-state index contributed by atoms with van der Waals surface area (Å²) in [5.41, 5.74) is 7.60. The van der Waals surface area contributed by atoms with Crippen LogP contribution in [-0.4, -0.2) is 31.1 Å². The smallest absolute Gasteiger partial charge is 0.404 e. The Kier molecular flexibility index (Phi) is 7.06. The van der Waals surface area contributed by atoms with Crippen molar-refractivity contribution in [1.82, 2.24) is 9.71 Å². The predicted molar refractivity (Wildman–Crippen MR) is 148 cm³/mol. The molecule has 4 aromatic rings. The van der Waals surface area contributed by atoms with E-state index in [4.69, 9.17) is 14.9 Å². The maximum absolute atomic E-state index is 13.6. The fraction of sp³-hybridized carbons (Fsp3) is 0.357. The molecule has 200 valence electrons. The fourth-order valence-corrected chi connectivity index (χ4v) is 7.78. The number of nitrogens with zero attached hydrogens (tertiary/aromatic N) is 1. The molecule has 0 unspecified atom stereocenters. The summed E-state index contributed by atoms with van der Waals surface area (Å²) in [7, 11) is -3.84. The molecule has 0 bridgehead atoms. The maximum atomic E-state index is 13.6. The monoisotopic (exact) mass is 553 g/mol. The first-order valence-corrected chi connectivity index (χ1v) is 14.9. The molecule has 2 heterocycles. The Labute approximate surface area is 226 Å². The van der Waals surface area contributed by atoms with E-state index in [1.165, 1.54) is 11.3 Å². The summed E-state index contributed by atoms with van der Waals surface area (Å²) in [5, 5.41) is 1.91. The van der Waals surface area contributed by atoms with Crippen LogP contribution in [0.15, 0.2) is 64.2 Å². The van der Waals surface area contributed by atoms with Gasteiger partial charge in [0.25, 0.3) is 0 Å². The molecular formula is C28H31N3O5S2. The Bertz CT molecular complexity index is 1580. The fourth-order valence-electron chi connectivity index (χ4n) is 4.92. The van der Waals surface area contributed by atoms with Crippen LogP contribution in [0.3, 0.4) is 0 Å². The molecule has 0 radical (unpaired) electrons.